The number of ether oxygens (including phenoxy) is 3. The molecule has 0 radical (unpaired) electrons. The van der Waals surface area contributed by atoms with E-state index in [1.54, 1.807) is 0 Å². The molecular weight excluding hydrogens is 282 g/mol. The molecule has 3 rings (SSSR count). The molecule has 0 aromatic heterocycles. The van der Waals surface area contributed by atoms with E-state index in [-0.39, 0.29) is 17.9 Å². The Bertz CT molecular complexity index is 513. The third kappa shape index (κ3) is 3.35. The Balaban J connectivity index is 1.63. The number of nitrogens with zero attached hydrogens (tertiary/aromatic N) is 1. The van der Waals surface area contributed by atoms with Gasteiger partial charge in [-0.3, -0.25) is 4.79 Å². The number of rotatable bonds is 5. The van der Waals surface area contributed by atoms with E-state index in [0.29, 0.717) is 26.4 Å². The topological polar surface area (TPSA) is 48.0 Å². The molecule has 0 spiro atoms. The molecule has 0 aliphatic carbocycles. The third-order valence-electron chi connectivity index (χ3n) is 4.08. The van der Waals surface area contributed by atoms with Gasteiger partial charge < -0.3 is 19.1 Å². The van der Waals surface area contributed by atoms with Crippen molar-refractivity contribution in [3.05, 3.63) is 24.3 Å². The van der Waals surface area contributed by atoms with Crippen molar-refractivity contribution in [2.24, 2.45) is 5.92 Å². The van der Waals surface area contributed by atoms with Crippen molar-refractivity contribution in [3.8, 4) is 11.5 Å². The van der Waals surface area contributed by atoms with E-state index in [1.807, 2.05) is 29.2 Å². The third-order valence-corrected chi connectivity index (χ3v) is 4.08. The molecule has 2 aliphatic heterocycles. The lowest BCUT2D eigenvalue weighted by molar-refractivity contribution is -0.137. The van der Waals surface area contributed by atoms with Crippen molar-refractivity contribution in [2.45, 2.75) is 25.9 Å². The van der Waals surface area contributed by atoms with E-state index < -0.39 is 0 Å². The van der Waals surface area contributed by atoms with Gasteiger partial charge in [-0.2, -0.15) is 0 Å². The molecule has 1 aromatic rings. The van der Waals surface area contributed by atoms with E-state index in [1.165, 1.54) is 0 Å². The summed E-state index contributed by atoms with van der Waals surface area (Å²) >= 11 is 0. The van der Waals surface area contributed by atoms with Gasteiger partial charge in [0.1, 0.15) is 6.61 Å². The molecule has 0 N–H and O–H groups in total. The summed E-state index contributed by atoms with van der Waals surface area (Å²) in [7, 11) is 0. The Morgan fingerprint density at radius 3 is 2.82 bits per heavy atom. The molecule has 1 saturated heterocycles. The Morgan fingerprint density at radius 1 is 1.27 bits per heavy atom. The minimum atomic E-state index is -0.118. The normalized spacial score (nSPS) is 23.3. The van der Waals surface area contributed by atoms with Crippen LogP contribution in [0.5, 0.6) is 11.5 Å². The maximum Gasteiger partial charge on any atom is 0.228 e. The summed E-state index contributed by atoms with van der Waals surface area (Å²) < 4.78 is 17.0. The molecule has 2 heterocycles. The van der Waals surface area contributed by atoms with Crippen molar-refractivity contribution in [2.75, 3.05) is 32.9 Å². The Morgan fingerprint density at radius 2 is 2.09 bits per heavy atom. The number of carbonyl (C=O) groups excluding carboxylic acids is 1. The first-order valence-corrected chi connectivity index (χ1v) is 8.03. The number of para-hydroxylation sites is 2. The van der Waals surface area contributed by atoms with Gasteiger partial charge in [-0.15, -0.1) is 0 Å². The smallest absolute Gasteiger partial charge is 0.228 e. The summed E-state index contributed by atoms with van der Waals surface area (Å²) in [5, 5.41) is 0. The molecule has 5 nitrogen and oxygen atoms in total. The van der Waals surface area contributed by atoms with Crippen molar-refractivity contribution >= 4 is 5.91 Å². The fraction of sp³-hybridized carbons (Fsp3) is 0.588. The fourth-order valence-electron chi connectivity index (χ4n) is 2.95. The van der Waals surface area contributed by atoms with Crippen LogP contribution in [0.3, 0.4) is 0 Å². The number of hydrogen-bond acceptors (Lipinski definition) is 4. The molecular formula is C17H23NO4. The van der Waals surface area contributed by atoms with Crippen molar-refractivity contribution < 1.29 is 19.0 Å². The first-order valence-electron chi connectivity index (χ1n) is 8.03. The predicted octanol–water partition coefficient (Wildman–Crippen LogP) is 2.10. The van der Waals surface area contributed by atoms with Crippen LogP contribution in [0.2, 0.25) is 0 Å². The van der Waals surface area contributed by atoms with Crippen molar-refractivity contribution in [1.82, 2.24) is 4.90 Å². The lowest BCUT2D eigenvalue weighted by Gasteiger charge is -2.32. The lowest BCUT2D eigenvalue weighted by Crippen LogP contribution is -2.46. The van der Waals surface area contributed by atoms with Crippen LogP contribution in [-0.2, 0) is 9.53 Å². The van der Waals surface area contributed by atoms with E-state index in [0.717, 1.165) is 30.9 Å². The van der Waals surface area contributed by atoms with E-state index in [9.17, 15) is 4.79 Å². The molecule has 2 aliphatic rings. The molecule has 1 fully saturated rings. The number of hydrogen-bond donors (Lipinski definition) is 0. The highest BCUT2D eigenvalue weighted by molar-refractivity contribution is 5.79. The zero-order chi connectivity index (χ0) is 15.4. The lowest BCUT2D eigenvalue weighted by atomic mass is 10.1. The van der Waals surface area contributed by atoms with Gasteiger partial charge in [-0.05, 0) is 25.0 Å². The zero-order valence-corrected chi connectivity index (χ0v) is 13.0. The summed E-state index contributed by atoms with van der Waals surface area (Å²) in [5.74, 6) is 1.72. The van der Waals surface area contributed by atoms with Crippen LogP contribution in [0.4, 0.5) is 0 Å². The fourth-order valence-corrected chi connectivity index (χ4v) is 2.95. The Labute approximate surface area is 131 Å². The van der Waals surface area contributed by atoms with Gasteiger partial charge in [0, 0.05) is 13.2 Å². The number of carbonyl (C=O) groups is 1. The average molecular weight is 305 g/mol. The quantitative estimate of drug-likeness (QED) is 0.836. The molecule has 0 bridgehead atoms. The van der Waals surface area contributed by atoms with Gasteiger partial charge in [0.2, 0.25) is 5.91 Å². The van der Waals surface area contributed by atoms with E-state index >= 15 is 0 Å². The monoisotopic (exact) mass is 305 g/mol. The molecule has 2 atom stereocenters. The van der Waals surface area contributed by atoms with E-state index in [4.69, 9.17) is 14.2 Å². The van der Waals surface area contributed by atoms with Gasteiger partial charge in [0.25, 0.3) is 0 Å². The summed E-state index contributed by atoms with van der Waals surface area (Å²) in [6.45, 7) is 5.11. The van der Waals surface area contributed by atoms with Crippen molar-refractivity contribution in [1.29, 1.82) is 0 Å². The van der Waals surface area contributed by atoms with Gasteiger partial charge in [-0.25, -0.2) is 0 Å². The molecule has 1 amide bonds. The van der Waals surface area contributed by atoms with Crippen LogP contribution in [-0.4, -0.2) is 49.8 Å². The van der Waals surface area contributed by atoms with Gasteiger partial charge in [-0.1, -0.05) is 19.1 Å². The molecule has 0 saturated carbocycles. The second-order valence-corrected chi connectivity index (χ2v) is 5.84. The zero-order valence-electron chi connectivity index (χ0n) is 13.0. The molecule has 5 heteroatoms. The first kappa shape index (κ1) is 15.2. The second kappa shape index (κ2) is 7.01. The Kier molecular flexibility index (Phi) is 4.83. The standard InChI is InChI=1S/C17H23NO4/c1-2-8-18(17(19)13-7-9-20-11-13)10-14-12-21-15-5-3-4-6-16(15)22-14/h3-6,13-14H,2,7-12H2,1H3/t13-,14-/m1/s1. The highest BCUT2D eigenvalue weighted by Crippen LogP contribution is 2.31. The van der Waals surface area contributed by atoms with Crippen LogP contribution in [0.25, 0.3) is 0 Å². The predicted molar refractivity (Wildman–Crippen MR) is 82.2 cm³/mol. The van der Waals surface area contributed by atoms with Gasteiger partial charge in [0.15, 0.2) is 17.6 Å². The minimum Gasteiger partial charge on any atom is -0.486 e. The van der Waals surface area contributed by atoms with Crippen LogP contribution in [0.15, 0.2) is 24.3 Å². The summed E-state index contributed by atoms with van der Waals surface area (Å²) in [6.07, 6.45) is 1.64. The number of benzene rings is 1. The van der Waals surface area contributed by atoms with Crippen LogP contribution in [0, 0.1) is 5.92 Å². The average Bonchev–Trinajstić information content (AvgIpc) is 3.08. The molecule has 1 aromatic carbocycles. The molecule has 22 heavy (non-hydrogen) atoms. The number of amides is 1. The number of fused-ring (bicyclic) bond motifs is 1. The maximum absolute atomic E-state index is 12.6. The molecule has 0 unspecified atom stereocenters. The first-order chi connectivity index (χ1) is 10.8. The maximum atomic E-state index is 12.6. The highest BCUT2D eigenvalue weighted by atomic mass is 16.6. The van der Waals surface area contributed by atoms with Crippen LogP contribution < -0.4 is 9.47 Å². The van der Waals surface area contributed by atoms with Gasteiger partial charge in [0.05, 0.1) is 19.1 Å². The summed E-state index contributed by atoms with van der Waals surface area (Å²) in [4.78, 5) is 14.5. The minimum absolute atomic E-state index is 0.00310. The SMILES string of the molecule is CCCN(C[C@@H]1COc2ccccc2O1)C(=O)[C@@H]1CCOC1. The van der Waals surface area contributed by atoms with Crippen LogP contribution >= 0.6 is 0 Å². The van der Waals surface area contributed by atoms with Gasteiger partial charge >= 0.3 is 0 Å². The summed E-state index contributed by atoms with van der Waals surface area (Å²) in [5.41, 5.74) is 0. The molecule has 120 valence electrons. The largest absolute Gasteiger partial charge is 0.486 e. The van der Waals surface area contributed by atoms with E-state index in [2.05, 4.69) is 6.92 Å². The van der Waals surface area contributed by atoms with Crippen molar-refractivity contribution in [3.63, 3.8) is 0 Å². The van der Waals surface area contributed by atoms with Crippen LogP contribution in [0.1, 0.15) is 19.8 Å². The highest BCUT2D eigenvalue weighted by Gasteiger charge is 2.31. The second-order valence-electron chi connectivity index (χ2n) is 5.84. The summed E-state index contributed by atoms with van der Waals surface area (Å²) in [6, 6.07) is 7.65. The Hall–Kier alpha value is -1.75.